The van der Waals surface area contributed by atoms with E-state index in [1.807, 2.05) is 6.92 Å². The summed E-state index contributed by atoms with van der Waals surface area (Å²) in [7, 11) is 0. The van der Waals surface area contributed by atoms with Crippen LogP contribution in [0.25, 0.3) is 0 Å². The lowest BCUT2D eigenvalue weighted by atomic mass is 9.79. The van der Waals surface area contributed by atoms with Crippen molar-refractivity contribution < 1.29 is 19.1 Å². The van der Waals surface area contributed by atoms with Crippen molar-refractivity contribution in [1.29, 1.82) is 0 Å². The molecule has 114 valence electrons. The molecule has 1 fully saturated rings. The number of esters is 1. The molecule has 1 rings (SSSR count). The average molecular weight is 283 g/mol. The van der Waals surface area contributed by atoms with E-state index in [0.29, 0.717) is 31.6 Å². The Morgan fingerprint density at radius 2 is 2.00 bits per heavy atom. The first-order valence-corrected chi connectivity index (χ1v) is 7.26. The predicted molar refractivity (Wildman–Crippen MR) is 76.2 cm³/mol. The highest BCUT2D eigenvalue weighted by Crippen LogP contribution is 2.33. The number of hydrogen-bond acceptors (Lipinski definition) is 4. The average Bonchev–Trinajstić information content (AvgIpc) is 2.36. The summed E-state index contributed by atoms with van der Waals surface area (Å²) in [5, 5.41) is 0. The van der Waals surface area contributed by atoms with E-state index in [2.05, 4.69) is 6.58 Å². The van der Waals surface area contributed by atoms with Crippen LogP contribution >= 0.6 is 0 Å². The van der Waals surface area contributed by atoms with Crippen LogP contribution in [0.2, 0.25) is 0 Å². The molecule has 20 heavy (non-hydrogen) atoms. The van der Waals surface area contributed by atoms with Gasteiger partial charge in [-0.2, -0.15) is 0 Å². The van der Waals surface area contributed by atoms with Crippen LogP contribution in [0.5, 0.6) is 0 Å². The molecule has 0 unspecified atom stereocenters. The quantitative estimate of drug-likeness (QED) is 0.478. The molecule has 1 aliphatic carbocycles. The highest BCUT2D eigenvalue weighted by atomic mass is 16.5. The molecule has 0 aliphatic heterocycles. The molecule has 0 saturated heterocycles. The van der Waals surface area contributed by atoms with Gasteiger partial charge in [-0.3, -0.25) is 9.59 Å². The van der Waals surface area contributed by atoms with E-state index in [9.17, 15) is 9.59 Å². The van der Waals surface area contributed by atoms with E-state index in [0.717, 1.165) is 19.4 Å². The first-order valence-electron chi connectivity index (χ1n) is 7.26. The predicted octanol–water partition coefficient (Wildman–Crippen LogP) is 1.77. The Morgan fingerprint density at radius 1 is 1.30 bits per heavy atom. The van der Waals surface area contributed by atoms with Crippen LogP contribution in [-0.4, -0.2) is 49.2 Å². The topological polar surface area (TPSA) is 55.8 Å². The first-order chi connectivity index (χ1) is 9.60. The lowest BCUT2D eigenvalue weighted by Crippen LogP contribution is -2.40. The highest BCUT2D eigenvalue weighted by molar-refractivity contribution is 5.82. The Balaban J connectivity index is 2.37. The third-order valence-corrected chi connectivity index (χ3v) is 3.39. The SMILES string of the molecule is C=CCN(CC(=O)OCC)C(=O)CC1CC(OCC)C1. The molecular weight excluding hydrogens is 258 g/mol. The second-order valence-corrected chi connectivity index (χ2v) is 4.99. The number of hydrogen-bond donors (Lipinski definition) is 0. The second kappa shape index (κ2) is 8.74. The minimum atomic E-state index is -0.372. The Labute approximate surface area is 120 Å². The third kappa shape index (κ3) is 5.33. The van der Waals surface area contributed by atoms with E-state index < -0.39 is 0 Å². The molecule has 1 amide bonds. The van der Waals surface area contributed by atoms with Gasteiger partial charge in [0.2, 0.25) is 5.91 Å². The molecule has 0 aromatic heterocycles. The van der Waals surface area contributed by atoms with Crippen LogP contribution < -0.4 is 0 Å². The Morgan fingerprint density at radius 3 is 2.55 bits per heavy atom. The van der Waals surface area contributed by atoms with Gasteiger partial charge in [-0.05, 0) is 32.6 Å². The van der Waals surface area contributed by atoms with Crippen molar-refractivity contribution in [2.45, 2.75) is 39.2 Å². The Kier molecular flexibility index (Phi) is 7.30. The van der Waals surface area contributed by atoms with E-state index >= 15 is 0 Å². The van der Waals surface area contributed by atoms with Crippen LogP contribution in [0.3, 0.4) is 0 Å². The number of amides is 1. The van der Waals surface area contributed by atoms with Crippen molar-refractivity contribution in [3.05, 3.63) is 12.7 Å². The fraction of sp³-hybridized carbons (Fsp3) is 0.733. The molecule has 1 saturated carbocycles. The van der Waals surface area contributed by atoms with Crippen molar-refractivity contribution >= 4 is 11.9 Å². The van der Waals surface area contributed by atoms with Gasteiger partial charge in [0, 0.05) is 19.6 Å². The standard InChI is InChI=1S/C15H25NO4/c1-4-7-16(11-15(18)20-6-3)14(17)10-12-8-13(9-12)19-5-2/h4,12-13H,1,5-11H2,2-3H3. The molecule has 0 aromatic rings. The number of rotatable bonds is 9. The van der Waals surface area contributed by atoms with Crippen molar-refractivity contribution in [1.82, 2.24) is 4.90 Å². The lowest BCUT2D eigenvalue weighted by molar-refractivity contribution is -0.149. The maximum absolute atomic E-state index is 12.2. The van der Waals surface area contributed by atoms with E-state index in [-0.39, 0.29) is 18.4 Å². The summed E-state index contributed by atoms with van der Waals surface area (Å²) in [6.07, 6.45) is 4.26. The summed E-state index contributed by atoms with van der Waals surface area (Å²) >= 11 is 0. The smallest absolute Gasteiger partial charge is 0.325 e. The summed E-state index contributed by atoms with van der Waals surface area (Å²) in [4.78, 5) is 25.1. The summed E-state index contributed by atoms with van der Waals surface area (Å²) in [5.74, 6) is -0.0186. The molecular formula is C15H25NO4. The minimum absolute atomic E-state index is 0.000300. The lowest BCUT2D eigenvalue weighted by Gasteiger charge is -2.35. The zero-order chi connectivity index (χ0) is 15.0. The Bertz CT molecular complexity index is 337. The van der Waals surface area contributed by atoms with Crippen molar-refractivity contribution in [3.63, 3.8) is 0 Å². The maximum atomic E-state index is 12.2. The van der Waals surface area contributed by atoms with Crippen LogP contribution in [0.1, 0.15) is 33.1 Å². The normalized spacial score (nSPS) is 20.9. The molecule has 0 atom stereocenters. The van der Waals surface area contributed by atoms with Gasteiger partial charge in [-0.15, -0.1) is 6.58 Å². The molecule has 0 spiro atoms. The van der Waals surface area contributed by atoms with Gasteiger partial charge in [0.15, 0.2) is 0 Å². The fourth-order valence-electron chi connectivity index (χ4n) is 2.36. The summed E-state index contributed by atoms with van der Waals surface area (Å²) in [6.45, 7) is 8.77. The fourth-order valence-corrected chi connectivity index (χ4v) is 2.36. The molecule has 1 aliphatic rings. The third-order valence-electron chi connectivity index (χ3n) is 3.39. The van der Waals surface area contributed by atoms with Gasteiger partial charge >= 0.3 is 5.97 Å². The van der Waals surface area contributed by atoms with E-state index in [1.54, 1.807) is 13.0 Å². The Hall–Kier alpha value is -1.36. The van der Waals surface area contributed by atoms with Gasteiger partial charge in [-0.1, -0.05) is 6.08 Å². The first kappa shape index (κ1) is 16.7. The van der Waals surface area contributed by atoms with Crippen LogP contribution in [-0.2, 0) is 19.1 Å². The van der Waals surface area contributed by atoms with Crippen molar-refractivity contribution in [2.24, 2.45) is 5.92 Å². The van der Waals surface area contributed by atoms with Gasteiger partial charge in [0.25, 0.3) is 0 Å². The zero-order valence-electron chi connectivity index (χ0n) is 12.5. The van der Waals surface area contributed by atoms with E-state index in [1.165, 1.54) is 4.90 Å². The molecule has 5 nitrogen and oxygen atoms in total. The number of carbonyl (C=O) groups excluding carboxylic acids is 2. The monoisotopic (exact) mass is 283 g/mol. The molecule has 0 radical (unpaired) electrons. The molecule has 5 heteroatoms. The van der Waals surface area contributed by atoms with Gasteiger partial charge in [0.05, 0.1) is 12.7 Å². The van der Waals surface area contributed by atoms with Gasteiger partial charge in [-0.25, -0.2) is 0 Å². The second-order valence-electron chi connectivity index (χ2n) is 4.99. The molecule has 0 N–H and O–H groups in total. The van der Waals surface area contributed by atoms with Crippen LogP contribution in [0, 0.1) is 5.92 Å². The summed E-state index contributed by atoms with van der Waals surface area (Å²) in [6, 6.07) is 0. The van der Waals surface area contributed by atoms with Gasteiger partial charge < -0.3 is 14.4 Å². The number of carbonyl (C=O) groups is 2. The largest absolute Gasteiger partial charge is 0.465 e. The van der Waals surface area contributed by atoms with Crippen molar-refractivity contribution in [3.8, 4) is 0 Å². The zero-order valence-corrected chi connectivity index (χ0v) is 12.5. The number of ether oxygens (including phenoxy) is 2. The van der Waals surface area contributed by atoms with Crippen LogP contribution in [0.15, 0.2) is 12.7 Å². The maximum Gasteiger partial charge on any atom is 0.325 e. The van der Waals surface area contributed by atoms with E-state index in [4.69, 9.17) is 9.47 Å². The molecule has 0 heterocycles. The molecule has 0 bridgehead atoms. The molecule has 0 aromatic carbocycles. The number of nitrogens with zero attached hydrogens (tertiary/aromatic N) is 1. The highest BCUT2D eigenvalue weighted by Gasteiger charge is 2.32. The minimum Gasteiger partial charge on any atom is -0.465 e. The van der Waals surface area contributed by atoms with Crippen molar-refractivity contribution in [2.75, 3.05) is 26.3 Å². The van der Waals surface area contributed by atoms with Crippen LogP contribution in [0.4, 0.5) is 0 Å². The summed E-state index contributed by atoms with van der Waals surface area (Å²) in [5.41, 5.74) is 0. The summed E-state index contributed by atoms with van der Waals surface area (Å²) < 4.78 is 10.4. The van der Waals surface area contributed by atoms with Gasteiger partial charge in [0.1, 0.15) is 6.54 Å².